The molecule has 3 aliphatic heterocycles. The second-order valence-corrected chi connectivity index (χ2v) is 11.8. The third-order valence-electron chi connectivity index (χ3n) is 7.78. The van der Waals surface area contributed by atoms with Gasteiger partial charge in [0, 0.05) is 43.8 Å². The predicted molar refractivity (Wildman–Crippen MR) is 130 cm³/mol. The Morgan fingerprint density at radius 1 is 1.21 bits per heavy atom. The van der Waals surface area contributed by atoms with Crippen LogP contribution in [-0.2, 0) is 17.2 Å². The summed E-state index contributed by atoms with van der Waals surface area (Å²) in [4.78, 5) is 18.7. The normalized spacial score (nSPS) is 26.7. The number of aromatic nitrogens is 3. The van der Waals surface area contributed by atoms with Crippen LogP contribution in [0.25, 0.3) is 0 Å². The highest BCUT2D eigenvalue weighted by atomic mass is 35.5. The van der Waals surface area contributed by atoms with Crippen LogP contribution in [0.4, 0.5) is 17.6 Å². The minimum absolute atomic E-state index is 0.0158. The maximum absolute atomic E-state index is 12.8. The average Bonchev–Trinajstić information content (AvgIpc) is 3.50. The molecule has 5 heterocycles. The van der Waals surface area contributed by atoms with Gasteiger partial charge >= 0.3 is 0 Å². The highest BCUT2D eigenvalue weighted by Crippen LogP contribution is 2.43. The highest BCUT2D eigenvalue weighted by Gasteiger charge is 2.44. The van der Waals surface area contributed by atoms with Crippen LogP contribution in [0.1, 0.15) is 30.4 Å². The SMILES string of the molecule is N#Cc1c(N2CC3CN(c4ncc(Cl)cn4)CC3C2)nc(NC2(CO)CCC2)c2c1CCS2=O. The molecule has 0 radical (unpaired) electrons. The standard InChI is InChI=1S/C23H26ClN7O2S/c24-16-7-26-22(27-8-16)31-11-14-9-30(10-15(14)12-31)21-18(6-25)17-2-5-34(33)19(17)20(28-21)29-23(13-32)3-1-4-23/h7-8,14-15,32H,1-5,9-13H2,(H,28,29). The minimum Gasteiger partial charge on any atom is -0.394 e. The molecule has 1 aliphatic carbocycles. The number of nitrogens with zero attached hydrogens (tertiary/aromatic N) is 6. The summed E-state index contributed by atoms with van der Waals surface area (Å²) in [5.74, 6) is 3.31. The summed E-state index contributed by atoms with van der Waals surface area (Å²) < 4.78 is 12.8. The van der Waals surface area contributed by atoms with Crippen LogP contribution in [0, 0.1) is 23.2 Å². The quantitative estimate of drug-likeness (QED) is 0.636. The Bertz CT molecular complexity index is 1180. The Morgan fingerprint density at radius 2 is 1.88 bits per heavy atom. The number of hydrogen-bond acceptors (Lipinski definition) is 9. The molecule has 4 aliphatic rings. The predicted octanol–water partition coefficient (Wildman–Crippen LogP) is 1.96. The van der Waals surface area contributed by atoms with Crippen LogP contribution in [0.5, 0.6) is 0 Å². The van der Waals surface area contributed by atoms with Crippen LogP contribution in [0.3, 0.4) is 0 Å². The van der Waals surface area contributed by atoms with Crippen LogP contribution >= 0.6 is 11.6 Å². The first kappa shape index (κ1) is 22.0. The van der Waals surface area contributed by atoms with Crippen molar-refractivity contribution in [1.82, 2.24) is 15.0 Å². The van der Waals surface area contributed by atoms with E-state index in [1.54, 1.807) is 12.4 Å². The Hall–Kier alpha value is -2.48. The van der Waals surface area contributed by atoms with Crippen LogP contribution in [-0.4, -0.2) is 68.3 Å². The van der Waals surface area contributed by atoms with Gasteiger partial charge in [0.15, 0.2) is 0 Å². The molecule has 3 atom stereocenters. The number of nitriles is 1. The summed E-state index contributed by atoms with van der Waals surface area (Å²) in [7, 11) is -1.18. The van der Waals surface area contributed by atoms with Crippen molar-refractivity contribution in [1.29, 1.82) is 5.26 Å². The molecule has 0 aromatic carbocycles. The second-order valence-electron chi connectivity index (χ2n) is 9.83. The van der Waals surface area contributed by atoms with Crippen LogP contribution in [0.15, 0.2) is 17.3 Å². The van der Waals surface area contributed by atoms with E-state index in [0.29, 0.717) is 57.1 Å². The lowest BCUT2D eigenvalue weighted by Crippen LogP contribution is -2.48. The molecule has 2 N–H and O–H groups in total. The summed E-state index contributed by atoms with van der Waals surface area (Å²) >= 11 is 5.93. The van der Waals surface area contributed by atoms with Gasteiger partial charge in [-0.1, -0.05) is 11.6 Å². The Balaban J connectivity index is 1.29. The van der Waals surface area contributed by atoms with Gasteiger partial charge in [0.05, 0.1) is 50.8 Å². The van der Waals surface area contributed by atoms with Gasteiger partial charge in [-0.05, 0) is 31.2 Å². The summed E-state index contributed by atoms with van der Waals surface area (Å²) in [6.07, 6.45) is 6.63. The van der Waals surface area contributed by atoms with E-state index >= 15 is 0 Å². The van der Waals surface area contributed by atoms with E-state index in [1.807, 2.05) is 0 Å². The summed E-state index contributed by atoms with van der Waals surface area (Å²) in [6.45, 7) is 3.30. The Kier molecular flexibility index (Phi) is 5.39. The van der Waals surface area contributed by atoms with Crippen LogP contribution in [0.2, 0.25) is 5.02 Å². The van der Waals surface area contributed by atoms with Crippen molar-refractivity contribution in [2.45, 2.75) is 36.1 Å². The van der Waals surface area contributed by atoms with E-state index in [2.05, 4.69) is 31.2 Å². The zero-order valence-electron chi connectivity index (χ0n) is 18.7. The molecule has 178 valence electrons. The van der Waals surface area contributed by atoms with Gasteiger partial charge in [-0.15, -0.1) is 0 Å². The number of hydrogen-bond donors (Lipinski definition) is 2. The van der Waals surface area contributed by atoms with E-state index < -0.39 is 16.3 Å². The van der Waals surface area contributed by atoms with E-state index in [9.17, 15) is 14.6 Å². The van der Waals surface area contributed by atoms with Gasteiger partial charge in [0.1, 0.15) is 17.7 Å². The molecule has 0 bridgehead atoms. The molecule has 34 heavy (non-hydrogen) atoms. The highest BCUT2D eigenvalue weighted by molar-refractivity contribution is 7.85. The van der Waals surface area contributed by atoms with Gasteiger partial charge < -0.3 is 20.2 Å². The maximum Gasteiger partial charge on any atom is 0.225 e. The first-order chi connectivity index (χ1) is 16.5. The van der Waals surface area contributed by atoms with Gasteiger partial charge in [-0.3, -0.25) is 4.21 Å². The Labute approximate surface area is 205 Å². The largest absolute Gasteiger partial charge is 0.394 e. The third kappa shape index (κ3) is 3.53. The lowest BCUT2D eigenvalue weighted by molar-refractivity contribution is 0.143. The first-order valence-electron chi connectivity index (χ1n) is 11.7. The number of fused-ring (bicyclic) bond motifs is 2. The molecule has 9 nitrogen and oxygen atoms in total. The number of nitrogens with one attached hydrogen (secondary N) is 1. The van der Waals surface area contributed by atoms with Gasteiger partial charge in [0.2, 0.25) is 5.95 Å². The number of rotatable bonds is 5. The summed E-state index contributed by atoms with van der Waals surface area (Å²) in [5.41, 5.74) is 1.00. The smallest absolute Gasteiger partial charge is 0.225 e. The summed E-state index contributed by atoms with van der Waals surface area (Å²) in [5, 5.41) is 24.0. The molecule has 3 fully saturated rings. The molecule has 0 spiro atoms. The molecule has 1 saturated carbocycles. The van der Waals surface area contributed by atoms with Crippen molar-refractivity contribution in [3.63, 3.8) is 0 Å². The molecule has 0 amide bonds. The maximum atomic E-state index is 12.8. The second kappa shape index (κ2) is 8.33. The lowest BCUT2D eigenvalue weighted by Gasteiger charge is -2.42. The van der Waals surface area contributed by atoms with Crippen LogP contribution < -0.4 is 15.1 Å². The molecule has 11 heteroatoms. The number of pyridine rings is 1. The third-order valence-corrected chi connectivity index (χ3v) is 9.45. The fourth-order valence-corrected chi connectivity index (χ4v) is 7.27. The van der Waals surface area contributed by atoms with Crippen molar-refractivity contribution < 1.29 is 9.32 Å². The number of anilines is 3. The topological polar surface area (TPSA) is 118 Å². The molecular formula is C23H26ClN7O2S. The fraction of sp³-hybridized carbons (Fsp3) is 0.565. The first-order valence-corrected chi connectivity index (χ1v) is 13.4. The monoisotopic (exact) mass is 499 g/mol. The molecule has 3 unspecified atom stereocenters. The zero-order valence-corrected chi connectivity index (χ0v) is 20.3. The fourth-order valence-electron chi connectivity index (χ4n) is 5.79. The zero-order chi connectivity index (χ0) is 23.4. The van der Waals surface area contributed by atoms with Crippen molar-refractivity contribution in [3.05, 3.63) is 28.5 Å². The van der Waals surface area contributed by atoms with Crippen molar-refractivity contribution in [3.8, 4) is 6.07 Å². The minimum atomic E-state index is -1.18. The van der Waals surface area contributed by atoms with Gasteiger partial charge in [-0.25, -0.2) is 15.0 Å². The summed E-state index contributed by atoms with van der Waals surface area (Å²) in [6, 6.07) is 2.37. The van der Waals surface area contributed by atoms with E-state index in [1.165, 1.54) is 0 Å². The number of halogens is 1. The van der Waals surface area contributed by atoms with Crippen molar-refractivity contribution in [2.75, 3.05) is 53.7 Å². The van der Waals surface area contributed by atoms with E-state index in [0.717, 1.165) is 51.0 Å². The molecule has 2 aromatic rings. The molecule has 6 rings (SSSR count). The average molecular weight is 500 g/mol. The van der Waals surface area contributed by atoms with E-state index in [4.69, 9.17) is 16.6 Å². The Morgan fingerprint density at radius 3 is 2.47 bits per heavy atom. The number of aliphatic hydroxyl groups excluding tert-OH is 1. The molecule has 2 aromatic heterocycles. The molecule has 2 saturated heterocycles. The molecular weight excluding hydrogens is 474 g/mol. The van der Waals surface area contributed by atoms with Gasteiger partial charge in [-0.2, -0.15) is 5.26 Å². The van der Waals surface area contributed by atoms with Crippen molar-refractivity contribution >= 4 is 40.0 Å². The van der Waals surface area contributed by atoms with Gasteiger partial charge in [0.25, 0.3) is 0 Å². The lowest BCUT2D eigenvalue weighted by atomic mass is 9.77. The van der Waals surface area contributed by atoms with E-state index in [-0.39, 0.29) is 6.61 Å². The van der Waals surface area contributed by atoms with Crippen molar-refractivity contribution in [2.24, 2.45) is 11.8 Å². The number of aliphatic hydroxyl groups is 1.